The molecule has 132 valence electrons. The molecule has 1 heterocycles. The van der Waals surface area contributed by atoms with Crippen LogP contribution in [0.3, 0.4) is 0 Å². The second-order valence-electron chi connectivity index (χ2n) is 7.13. The van der Waals surface area contributed by atoms with Crippen molar-refractivity contribution in [3.8, 4) is 0 Å². The Bertz CT molecular complexity index is 753. The fraction of sp³-hybridized carbons (Fsp3) is 0.500. The van der Waals surface area contributed by atoms with Crippen molar-refractivity contribution in [2.45, 2.75) is 32.7 Å². The molecule has 7 nitrogen and oxygen atoms in total. The normalized spacial score (nSPS) is 18.8. The van der Waals surface area contributed by atoms with Crippen LogP contribution in [-0.2, 0) is 14.8 Å². The fourth-order valence-electron chi connectivity index (χ4n) is 2.76. The van der Waals surface area contributed by atoms with Crippen molar-refractivity contribution in [1.82, 2.24) is 5.32 Å². The van der Waals surface area contributed by atoms with Crippen molar-refractivity contribution in [2.24, 2.45) is 11.1 Å². The van der Waals surface area contributed by atoms with Crippen LogP contribution in [0.4, 0.5) is 5.69 Å². The second kappa shape index (κ2) is 6.52. The lowest BCUT2D eigenvalue weighted by molar-refractivity contribution is -0.117. The third-order valence-corrected chi connectivity index (χ3v) is 4.54. The number of nitrogens with one attached hydrogen (secondary N) is 1. The molecule has 1 unspecified atom stereocenters. The highest BCUT2D eigenvalue weighted by Gasteiger charge is 2.34. The summed E-state index contributed by atoms with van der Waals surface area (Å²) in [5.41, 5.74) is 0.466. The van der Waals surface area contributed by atoms with Gasteiger partial charge in [0.15, 0.2) is 0 Å². The first-order valence-electron chi connectivity index (χ1n) is 7.69. The molecule has 24 heavy (non-hydrogen) atoms. The Hall–Kier alpha value is -1.93. The number of rotatable bonds is 4. The number of para-hydroxylation sites is 1. The number of carbonyl (C=O) groups is 2. The third kappa shape index (κ3) is 4.78. The highest BCUT2D eigenvalue weighted by atomic mass is 32.2. The van der Waals surface area contributed by atoms with Crippen molar-refractivity contribution < 1.29 is 18.0 Å². The minimum Gasteiger partial charge on any atom is -0.347 e. The summed E-state index contributed by atoms with van der Waals surface area (Å²) >= 11 is 0. The molecule has 2 rings (SSSR count). The lowest BCUT2D eigenvalue weighted by Crippen LogP contribution is -2.41. The first kappa shape index (κ1) is 18.4. The van der Waals surface area contributed by atoms with Gasteiger partial charge in [0.1, 0.15) is 0 Å². The van der Waals surface area contributed by atoms with Crippen LogP contribution in [-0.4, -0.2) is 38.1 Å². The van der Waals surface area contributed by atoms with Gasteiger partial charge in [-0.3, -0.25) is 9.59 Å². The number of amides is 2. The number of nitrogens with two attached hydrogens (primary N) is 1. The Morgan fingerprint density at radius 2 is 1.96 bits per heavy atom. The van der Waals surface area contributed by atoms with Gasteiger partial charge in [-0.05, 0) is 32.9 Å². The molecule has 0 aliphatic carbocycles. The number of primary sulfonamides is 1. The van der Waals surface area contributed by atoms with Gasteiger partial charge in [-0.15, -0.1) is 0 Å². The molecule has 1 fully saturated rings. The molecule has 8 heteroatoms. The van der Waals surface area contributed by atoms with E-state index in [0.717, 1.165) is 0 Å². The first-order valence-corrected chi connectivity index (χ1v) is 9.40. The average molecular weight is 353 g/mol. The highest BCUT2D eigenvalue weighted by molar-refractivity contribution is 7.89. The number of hydrogen-bond donors (Lipinski definition) is 2. The van der Waals surface area contributed by atoms with Crippen LogP contribution in [0.1, 0.15) is 37.6 Å². The molecule has 3 N–H and O–H groups in total. The summed E-state index contributed by atoms with van der Waals surface area (Å²) in [5.74, 6) is -1.10. The summed E-state index contributed by atoms with van der Waals surface area (Å²) in [4.78, 5) is 26.2. The van der Waals surface area contributed by atoms with Crippen LogP contribution in [0.2, 0.25) is 0 Å². The van der Waals surface area contributed by atoms with Gasteiger partial charge in [-0.25, -0.2) is 13.6 Å². The monoisotopic (exact) mass is 353 g/mol. The summed E-state index contributed by atoms with van der Waals surface area (Å²) in [7, 11) is -3.65. The van der Waals surface area contributed by atoms with Crippen LogP contribution < -0.4 is 15.4 Å². The maximum absolute atomic E-state index is 12.5. The van der Waals surface area contributed by atoms with E-state index in [1.54, 1.807) is 24.3 Å². The molecule has 2 amide bonds. The van der Waals surface area contributed by atoms with E-state index in [2.05, 4.69) is 5.32 Å². The van der Waals surface area contributed by atoms with E-state index in [0.29, 0.717) is 11.3 Å². The van der Waals surface area contributed by atoms with Gasteiger partial charge in [-0.1, -0.05) is 12.1 Å². The Kier molecular flexibility index (Phi) is 5.00. The van der Waals surface area contributed by atoms with Crippen molar-refractivity contribution >= 4 is 27.5 Å². The van der Waals surface area contributed by atoms with Crippen molar-refractivity contribution in [3.05, 3.63) is 29.8 Å². The topological polar surface area (TPSA) is 110 Å². The molecular formula is C16H23N3O4S. The van der Waals surface area contributed by atoms with Crippen LogP contribution in [0, 0.1) is 5.92 Å². The minimum absolute atomic E-state index is 0.103. The number of nitrogens with zero attached hydrogens (tertiary/aromatic N) is 1. The van der Waals surface area contributed by atoms with E-state index in [1.165, 1.54) is 4.90 Å². The molecule has 1 saturated heterocycles. The summed E-state index contributed by atoms with van der Waals surface area (Å²) in [6.07, 6.45) is 0.103. The molecular weight excluding hydrogens is 330 g/mol. The zero-order chi connectivity index (χ0) is 18.1. The standard InChI is InChI=1S/C16H23N3O4S/c1-16(2,3)18-15(21)12-6-4-5-7-13(12)19-9-11(8-14(19)20)10-24(17,22)23/h4-7,11H,8-10H2,1-3H3,(H,18,21)(H2,17,22,23). The highest BCUT2D eigenvalue weighted by Crippen LogP contribution is 2.29. The molecule has 0 saturated carbocycles. The van der Waals surface area contributed by atoms with E-state index in [1.807, 2.05) is 20.8 Å². The largest absolute Gasteiger partial charge is 0.347 e. The van der Waals surface area contributed by atoms with Crippen molar-refractivity contribution in [2.75, 3.05) is 17.2 Å². The van der Waals surface area contributed by atoms with E-state index in [9.17, 15) is 18.0 Å². The summed E-state index contributed by atoms with van der Waals surface area (Å²) in [5, 5.41) is 7.94. The zero-order valence-corrected chi connectivity index (χ0v) is 14.9. The van der Waals surface area contributed by atoms with E-state index >= 15 is 0 Å². The van der Waals surface area contributed by atoms with Crippen LogP contribution in [0.5, 0.6) is 0 Å². The van der Waals surface area contributed by atoms with Gasteiger partial charge in [0.05, 0.1) is 17.0 Å². The van der Waals surface area contributed by atoms with E-state index < -0.39 is 15.6 Å². The summed E-state index contributed by atoms with van der Waals surface area (Å²) in [6, 6.07) is 6.80. The zero-order valence-electron chi connectivity index (χ0n) is 14.1. The Morgan fingerprint density at radius 3 is 2.54 bits per heavy atom. The molecule has 0 radical (unpaired) electrons. The number of anilines is 1. The second-order valence-corrected chi connectivity index (χ2v) is 8.78. The Balaban J connectivity index is 2.27. The lowest BCUT2D eigenvalue weighted by atomic mass is 10.1. The van der Waals surface area contributed by atoms with Crippen molar-refractivity contribution in [3.63, 3.8) is 0 Å². The molecule has 1 aliphatic heterocycles. The van der Waals surface area contributed by atoms with Gasteiger partial charge in [0.25, 0.3) is 5.91 Å². The molecule has 0 aromatic heterocycles. The molecule has 1 aliphatic rings. The number of sulfonamides is 1. The summed E-state index contributed by atoms with van der Waals surface area (Å²) in [6.45, 7) is 5.85. The smallest absolute Gasteiger partial charge is 0.253 e. The number of hydrogen-bond acceptors (Lipinski definition) is 4. The predicted molar refractivity (Wildman–Crippen MR) is 92.1 cm³/mol. The van der Waals surface area contributed by atoms with Gasteiger partial charge < -0.3 is 10.2 Å². The fourth-order valence-corrected chi connectivity index (χ4v) is 3.64. The number of benzene rings is 1. The van der Waals surface area contributed by atoms with Crippen LogP contribution >= 0.6 is 0 Å². The Morgan fingerprint density at radius 1 is 1.33 bits per heavy atom. The summed E-state index contributed by atoms with van der Waals surface area (Å²) < 4.78 is 22.5. The van der Waals surface area contributed by atoms with E-state index in [-0.39, 0.29) is 36.5 Å². The van der Waals surface area contributed by atoms with E-state index in [4.69, 9.17) is 5.14 Å². The lowest BCUT2D eigenvalue weighted by Gasteiger charge is -2.24. The van der Waals surface area contributed by atoms with Gasteiger partial charge in [0, 0.05) is 24.4 Å². The molecule has 1 aromatic rings. The minimum atomic E-state index is -3.65. The molecule has 0 spiro atoms. The van der Waals surface area contributed by atoms with Crippen molar-refractivity contribution in [1.29, 1.82) is 0 Å². The Labute approximate surface area is 142 Å². The number of carbonyl (C=O) groups excluding carboxylic acids is 2. The van der Waals surface area contributed by atoms with Crippen LogP contribution in [0.25, 0.3) is 0 Å². The van der Waals surface area contributed by atoms with Crippen LogP contribution in [0.15, 0.2) is 24.3 Å². The van der Waals surface area contributed by atoms with Gasteiger partial charge in [0.2, 0.25) is 15.9 Å². The molecule has 1 aromatic carbocycles. The van der Waals surface area contributed by atoms with Gasteiger partial charge in [-0.2, -0.15) is 0 Å². The third-order valence-electron chi connectivity index (χ3n) is 3.60. The molecule has 1 atom stereocenters. The first-order chi connectivity index (χ1) is 11.0. The van der Waals surface area contributed by atoms with Gasteiger partial charge >= 0.3 is 0 Å². The predicted octanol–water partition coefficient (Wildman–Crippen LogP) is 0.856. The maximum atomic E-state index is 12.5. The quantitative estimate of drug-likeness (QED) is 0.836. The average Bonchev–Trinajstić information content (AvgIpc) is 2.75. The SMILES string of the molecule is CC(C)(C)NC(=O)c1ccccc1N1CC(CS(N)(=O)=O)CC1=O. The maximum Gasteiger partial charge on any atom is 0.253 e. The molecule has 0 bridgehead atoms.